The molecule has 0 radical (unpaired) electrons. The van der Waals surface area contributed by atoms with Crippen molar-refractivity contribution in [1.29, 1.82) is 0 Å². The highest BCUT2D eigenvalue weighted by Gasteiger charge is 2.25. The van der Waals surface area contributed by atoms with Gasteiger partial charge in [0.2, 0.25) is 17.6 Å². The van der Waals surface area contributed by atoms with Crippen molar-refractivity contribution in [3.8, 4) is 11.4 Å². The molecule has 3 aromatic rings. The van der Waals surface area contributed by atoms with Crippen LogP contribution in [-0.2, 0) is 17.1 Å². The fourth-order valence-corrected chi connectivity index (χ4v) is 5.54. The maximum Gasteiger partial charge on any atom is 0.241 e. The Kier molecular flexibility index (Phi) is 9.14. The monoisotopic (exact) mass is 538 g/mol. The van der Waals surface area contributed by atoms with Crippen LogP contribution in [0.2, 0.25) is 15.1 Å². The number of aromatic nitrogens is 2. The Balaban J connectivity index is 1.15. The van der Waals surface area contributed by atoms with E-state index in [-0.39, 0.29) is 11.8 Å². The van der Waals surface area contributed by atoms with Crippen LogP contribution in [0, 0.1) is 5.92 Å². The Labute approximate surface area is 218 Å². The minimum Gasteiger partial charge on any atom is -0.355 e. The highest BCUT2D eigenvalue weighted by atomic mass is 35.5. The quantitative estimate of drug-likeness (QED) is 0.338. The molecule has 4 rings (SSSR count). The van der Waals surface area contributed by atoms with Gasteiger partial charge in [-0.05, 0) is 67.9 Å². The summed E-state index contributed by atoms with van der Waals surface area (Å²) in [6.45, 7) is 2.84. The topological polar surface area (TPSA) is 71.3 Å². The van der Waals surface area contributed by atoms with Gasteiger partial charge >= 0.3 is 0 Å². The molecule has 1 N–H and O–H groups in total. The third-order valence-electron chi connectivity index (χ3n) is 5.74. The summed E-state index contributed by atoms with van der Waals surface area (Å²) in [6, 6.07) is 12.9. The van der Waals surface area contributed by atoms with Crippen LogP contribution in [-0.4, -0.2) is 46.3 Å². The lowest BCUT2D eigenvalue weighted by atomic mass is 9.96. The Bertz CT molecular complexity index is 1080. The maximum atomic E-state index is 12.6. The van der Waals surface area contributed by atoms with Crippen molar-refractivity contribution in [1.82, 2.24) is 20.4 Å². The number of nitrogens with zero attached hydrogens (tertiary/aromatic N) is 3. The fraction of sp³-hybridized carbons (Fsp3) is 0.375. The first-order chi connectivity index (χ1) is 16.5. The van der Waals surface area contributed by atoms with Crippen molar-refractivity contribution in [2.24, 2.45) is 5.92 Å². The molecular weight excluding hydrogens is 515 g/mol. The Morgan fingerprint density at radius 3 is 2.50 bits per heavy atom. The van der Waals surface area contributed by atoms with Gasteiger partial charge in [0, 0.05) is 44.6 Å². The van der Waals surface area contributed by atoms with Gasteiger partial charge in [0.25, 0.3) is 0 Å². The predicted molar refractivity (Wildman–Crippen MR) is 138 cm³/mol. The van der Waals surface area contributed by atoms with Crippen LogP contribution in [0.15, 0.2) is 47.0 Å². The van der Waals surface area contributed by atoms with E-state index in [0.717, 1.165) is 48.6 Å². The molecular formula is C24H25Cl3N4O2S. The zero-order valence-electron chi connectivity index (χ0n) is 18.5. The van der Waals surface area contributed by atoms with Gasteiger partial charge < -0.3 is 9.84 Å². The SMILES string of the molecule is O=C(NCCSCc1c(Cl)cccc1Cl)C1CCN(Cc2nc(-c3ccc(Cl)cc3)no2)CC1. The zero-order chi connectivity index (χ0) is 23.9. The number of halogens is 3. The van der Waals surface area contributed by atoms with Crippen molar-refractivity contribution in [3.63, 3.8) is 0 Å². The van der Waals surface area contributed by atoms with Crippen LogP contribution < -0.4 is 5.32 Å². The minimum atomic E-state index is 0.0339. The van der Waals surface area contributed by atoms with E-state index < -0.39 is 0 Å². The van der Waals surface area contributed by atoms with E-state index in [0.29, 0.717) is 39.9 Å². The molecule has 2 heterocycles. The molecule has 1 amide bonds. The molecule has 34 heavy (non-hydrogen) atoms. The van der Waals surface area contributed by atoms with Crippen molar-refractivity contribution in [2.75, 3.05) is 25.4 Å². The van der Waals surface area contributed by atoms with E-state index >= 15 is 0 Å². The second-order valence-electron chi connectivity index (χ2n) is 8.11. The number of thioether (sulfide) groups is 1. The van der Waals surface area contributed by atoms with Gasteiger partial charge in [-0.3, -0.25) is 9.69 Å². The lowest BCUT2D eigenvalue weighted by molar-refractivity contribution is -0.126. The summed E-state index contributed by atoms with van der Waals surface area (Å²) in [4.78, 5) is 19.3. The Morgan fingerprint density at radius 2 is 1.79 bits per heavy atom. The Hall–Kier alpha value is -1.77. The van der Waals surface area contributed by atoms with Gasteiger partial charge in [-0.2, -0.15) is 16.7 Å². The van der Waals surface area contributed by atoms with Gasteiger partial charge in [0.1, 0.15) is 0 Å². The highest BCUT2D eigenvalue weighted by molar-refractivity contribution is 7.98. The standard InChI is InChI=1S/C24H25Cl3N4O2S/c25-18-6-4-16(5-7-18)23-29-22(33-30-23)14-31-11-8-17(9-12-31)24(32)28-10-13-34-15-19-20(26)2-1-3-21(19)27/h1-7,17H,8-15H2,(H,28,32). The van der Waals surface area contributed by atoms with Crippen LogP contribution in [0.3, 0.4) is 0 Å². The van der Waals surface area contributed by atoms with Crippen LogP contribution in [0.4, 0.5) is 0 Å². The first kappa shape index (κ1) is 25.3. The molecule has 1 fully saturated rings. The lowest BCUT2D eigenvalue weighted by Gasteiger charge is -2.30. The van der Waals surface area contributed by atoms with Crippen LogP contribution >= 0.6 is 46.6 Å². The molecule has 0 unspecified atom stereocenters. The molecule has 1 saturated heterocycles. The van der Waals surface area contributed by atoms with E-state index in [1.807, 2.05) is 30.3 Å². The number of nitrogens with one attached hydrogen (secondary N) is 1. The van der Waals surface area contributed by atoms with Gasteiger partial charge in [-0.25, -0.2) is 0 Å². The molecule has 0 saturated carbocycles. The highest BCUT2D eigenvalue weighted by Crippen LogP contribution is 2.28. The molecule has 2 aromatic carbocycles. The summed E-state index contributed by atoms with van der Waals surface area (Å²) in [7, 11) is 0. The van der Waals surface area contributed by atoms with E-state index in [9.17, 15) is 4.79 Å². The first-order valence-electron chi connectivity index (χ1n) is 11.1. The summed E-state index contributed by atoms with van der Waals surface area (Å²) < 4.78 is 5.42. The van der Waals surface area contributed by atoms with Crippen LogP contribution in [0.5, 0.6) is 0 Å². The molecule has 0 aliphatic carbocycles. The molecule has 6 nitrogen and oxygen atoms in total. The molecule has 0 atom stereocenters. The van der Waals surface area contributed by atoms with Crippen molar-refractivity contribution < 1.29 is 9.32 Å². The number of carbonyl (C=O) groups is 1. The molecule has 1 aromatic heterocycles. The molecule has 180 valence electrons. The molecule has 1 aliphatic heterocycles. The number of likely N-dealkylation sites (tertiary alicyclic amines) is 1. The van der Waals surface area contributed by atoms with E-state index in [4.69, 9.17) is 39.3 Å². The average molecular weight is 540 g/mol. The van der Waals surface area contributed by atoms with E-state index in [1.165, 1.54) is 0 Å². The minimum absolute atomic E-state index is 0.0339. The largest absolute Gasteiger partial charge is 0.355 e. The van der Waals surface area contributed by atoms with Crippen molar-refractivity contribution in [2.45, 2.75) is 25.1 Å². The van der Waals surface area contributed by atoms with Crippen LogP contribution in [0.1, 0.15) is 24.3 Å². The van der Waals surface area contributed by atoms with Crippen molar-refractivity contribution in [3.05, 3.63) is 69.0 Å². The third-order valence-corrected chi connectivity index (χ3v) is 7.69. The van der Waals surface area contributed by atoms with Gasteiger partial charge in [0.15, 0.2) is 0 Å². The van der Waals surface area contributed by atoms with E-state index in [2.05, 4.69) is 20.4 Å². The molecule has 0 spiro atoms. The number of rotatable bonds is 9. The second-order valence-corrected chi connectivity index (χ2v) is 10.5. The van der Waals surface area contributed by atoms with Gasteiger partial charge in [-0.15, -0.1) is 0 Å². The molecule has 10 heteroatoms. The number of hydrogen-bond donors (Lipinski definition) is 1. The number of hydrogen-bond acceptors (Lipinski definition) is 6. The summed E-state index contributed by atoms with van der Waals surface area (Å²) in [5, 5.41) is 9.15. The lowest BCUT2D eigenvalue weighted by Crippen LogP contribution is -2.40. The predicted octanol–water partition coefficient (Wildman–Crippen LogP) is 5.96. The second kappa shape index (κ2) is 12.3. The number of carbonyl (C=O) groups excluding carboxylic acids is 1. The number of amides is 1. The smallest absolute Gasteiger partial charge is 0.241 e. The average Bonchev–Trinajstić information content (AvgIpc) is 3.30. The zero-order valence-corrected chi connectivity index (χ0v) is 21.6. The third kappa shape index (κ3) is 6.89. The molecule has 1 aliphatic rings. The van der Waals surface area contributed by atoms with Crippen LogP contribution in [0.25, 0.3) is 11.4 Å². The summed E-state index contributed by atoms with van der Waals surface area (Å²) in [5.74, 6) is 2.81. The normalized spacial score (nSPS) is 14.9. The van der Waals surface area contributed by atoms with Gasteiger partial charge in [-0.1, -0.05) is 46.0 Å². The summed E-state index contributed by atoms with van der Waals surface area (Å²) >= 11 is 20.0. The van der Waals surface area contributed by atoms with Crippen molar-refractivity contribution >= 4 is 52.5 Å². The summed E-state index contributed by atoms with van der Waals surface area (Å²) in [5.41, 5.74) is 1.80. The summed E-state index contributed by atoms with van der Waals surface area (Å²) in [6.07, 6.45) is 1.62. The van der Waals surface area contributed by atoms with E-state index in [1.54, 1.807) is 23.9 Å². The van der Waals surface area contributed by atoms with Gasteiger partial charge in [0.05, 0.1) is 6.54 Å². The number of benzene rings is 2. The Morgan fingerprint density at radius 1 is 1.09 bits per heavy atom. The molecule has 0 bridgehead atoms. The maximum absolute atomic E-state index is 12.6. The fourth-order valence-electron chi connectivity index (χ4n) is 3.82. The number of piperidine rings is 1. The first-order valence-corrected chi connectivity index (χ1v) is 13.4.